The number of ether oxygens (including phenoxy) is 2. The van der Waals surface area contributed by atoms with E-state index in [0.717, 1.165) is 0 Å². The SMILES string of the molecule is CNC(=O)C(C)Oc1c(Cl)cc(C(=O)O)cc1OC. The highest BCUT2D eigenvalue weighted by Gasteiger charge is 2.20. The van der Waals surface area contributed by atoms with Crippen molar-refractivity contribution in [3.63, 3.8) is 0 Å². The second-order valence-electron chi connectivity index (χ2n) is 3.67. The minimum Gasteiger partial charge on any atom is -0.493 e. The molecule has 2 N–H and O–H groups in total. The molecule has 0 saturated heterocycles. The van der Waals surface area contributed by atoms with Gasteiger partial charge in [-0.15, -0.1) is 0 Å². The van der Waals surface area contributed by atoms with Crippen molar-refractivity contribution in [2.24, 2.45) is 0 Å². The molecule has 0 bridgehead atoms. The van der Waals surface area contributed by atoms with E-state index in [9.17, 15) is 9.59 Å². The van der Waals surface area contributed by atoms with Gasteiger partial charge in [-0.25, -0.2) is 4.79 Å². The van der Waals surface area contributed by atoms with Crippen molar-refractivity contribution in [1.82, 2.24) is 5.32 Å². The number of hydrogen-bond donors (Lipinski definition) is 2. The first kappa shape index (κ1) is 15.1. The number of carboxylic acid groups (broad SMARTS) is 1. The fourth-order valence-corrected chi connectivity index (χ4v) is 1.65. The summed E-state index contributed by atoms with van der Waals surface area (Å²) in [6, 6.07) is 2.51. The molecular weight excluding hydrogens is 274 g/mol. The molecule has 1 aromatic carbocycles. The fraction of sp³-hybridized carbons (Fsp3) is 0.333. The van der Waals surface area contributed by atoms with Crippen LogP contribution in [-0.4, -0.2) is 37.2 Å². The summed E-state index contributed by atoms with van der Waals surface area (Å²) < 4.78 is 10.4. The van der Waals surface area contributed by atoms with Crippen molar-refractivity contribution in [2.45, 2.75) is 13.0 Å². The normalized spacial score (nSPS) is 11.6. The van der Waals surface area contributed by atoms with Crippen LogP contribution in [-0.2, 0) is 4.79 Å². The molecule has 7 heteroatoms. The highest BCUT2D eigenvalue weighted by Crippen LogP contribution is 2.37. The monoisotopic (exact) mass is 287 g/mol. The van der Waals surface area contributed by atoms with Gasteiger partial charge in [-0.3, -0.25) is 4.79 Å². The van der Waals surface area contributed by atoms with E-state index in [1.807, 2.05) is 0 Å². The summed E-state index contributed by atoms with van der Waals surface area (Å²) in [5.74, 6) is -1.18. The van der Waals surface area contributed by atoms with Crippen molar-refractivity contribution >= 4 is 23.5 Å². The van der Waals surface area contributed by atoms with Gasteiger partial charge in [0.2, 0.25) is 0 Å². The lowest BCUT2D eigenvalue weighted by atomic mass is 10.2. The summed E-state index contributed by atoms with van der Waals surface area (Å²) in [6.07, 6.45) is -0.785. The first-order chi connectivity index (χ1) is 8.90. The zero-order valence-electron chi connectivity index (χ0n) is 10.7. The van der Waals surface area contributed by atoms with Gasteiger partial charge in [0.15, 0.2) is 17.6 Å². The van der Waals surface area contributed by atoms with Gasteiger partial charge < -0.3 is 19.9 Å². The van der Waals surface area contributed by atoms with E-state index in [4.69, 9.17) is 26.2 Å². The topological polar surface area (TPSA) is 84.9 Å². The summed E-state index contributed by atoms with van der Waals surface area (Å²) in [4.78, 5) is 22.3. The lowest BCUT2D eigenvalue weighted by Crippen LogP contribution is -2.33. The minimum absolute atomic E-state index is 0.0261. The predicted molar refractivity (Wildman–Crippen MR) is 69.1 cm³/mol. The number of methoxy groups -OCH3 is 1. The molecule has 1 unspecified atom stereocenters. The number of carboxylic acids is 1. The van der Waals surface area contributed by atoms with Crippen molar-refractivity contribution in [2.75, 3.05) is 14.2 Å². The number of hydrogen-bond acceptors (Lipinski definition) is 4. The third kappa shape index (κ3) is 3.51. The van der Waals surface area contributed by atoms with Crippen molar-refractivity contribution in [3.05, 3.63) is 22.7 Å². The van der Waals surface area contributed by atoms with Crippen LogP contribution in [0.1, 0.15) is 17.3 Å². The Bertz CT molecular complexity index is 503. The molecule has 6 nitrogen and oxygen atoms in total. The molecule has 1 aromatic rings. The maximum Gasteiger partial charge on any atom is 0.335 e. The summed E-state index contributed by atoms with van der Waals surface area (Å²) in [5, 5.41) is 11.4. The summed E-state index contributed by atoms with van der Waals surface area (Å²) in [5.41, 5.74) is -0.0261. The summed E-state index contributed by atoms with van der Waals surface area (Å²) in [6.45, 7) is 1.54. The number of aromatic carboxylic acids is 1. The van der Waals surface area contributed by atoms with Crippen molar-refractivity contribution < 1.29 is 24.2 Å². The average molecular weight is 288 g/mol. The number of carbonyl (C=O) groups is 2. The zero-order chi connectivity index (χ0) is 14.6. The maximum atomic E-state index is 11.4. The Morgan fingerprint density at radius 2 is 2.05 bits per heavy atom. The number of benzene rings is 1. The number of rotatable bonds is 5. The second kappa shape index (κ2) is 6.29. The molecule has 1 rings (SSSR count). The summed E-state index contributed by atoms with van der Waals surface area (Å²) in [7, 11) is 2.84. The Labute approximate surface area is 115 Å². The molecule has 0 aliphatic rings. The van der Waals surface area contributed by atoms with E-state index >= 15 is 0 Å². The van der Waals surface area contributed by atoms with Crippen LogP contribution in [0.2, 0.25) is 5.02 Å². The Balaban J connectivity index is 3.13. The van der Waals surface area contributed by atoms with Crippen LogP contribution in [0.5, 0.6) is 11.5 Å². The number of halogens is 1. The molecular formula is C12H14ClNO5. The molecule has 0 aliphatic heterocycles. The van der Waals surface area contributed by atoms with Gasteiger partial charge in [-0.05, 0) is 19.1 Å². The molecule has 104 valence electrons. The third-order valence-electron chi connectivity index (χ3n) is 2.39. The number of nitrogens with one attached hydrogen (secondary N) is 1. The smallest absolute Gasteiger partial charge is 0.335 e. The van der Waals surface area contributed by atoms with Crippen LogP contribution in [0.25, 0.3) is 0 Å². The number of likely N-dealkylation sites (N-methyl/N-ethyl adjacent to an activating group) is 1. The third-order valence-corrected chi connectivity index (χ3v) is 2.67. The highest BCUT2D eigenvalue weighted by atomic mass is 35.5. The molecule has 0 aliphatic carbocycles. The molecule has 0 radical (unpaired) electrons. The standard InChI is InChI=1S/C12H14ClNO5/c1-6(11(15)14-2)19-10-8(13)4-7(12(16)17)5-9(10)18-3/h4-6H,1-3H3,(H,14,15)(H,16,17). The van der Waals surface area contributed by atoms with E-state index in [2.05, 4.69) is 5.32 Å². The fourth-order valence-electron chi connectivity index (χ4n) is 1.39. The van der Waals surface area contributed by atoms with Gasteiger partial charge >= 0.3 is 5.97 Å². The number of carbonyl (C=O) groups excluding carboxylic acids is 1. The molecule has 0 saturated carbocycles. The van der Waals surface area contributed by atoms with E-state index in [1.165, 1.54) is 26.3 Å². The van der Waals surface area contributed by atoms with Crippen LogP contribution in [0.4, 0.5) is 0 Å². The molecule has 0 spiro atoms. The zero-order valence-corrected chi connectivity index (χ0v) is 11.4. The van der Waals surface area contributed by atoms with Crippen LogP contribution in [0, 0.1) is 0 Å². The average Bonchev–Trinajstić information content (AvgIpc) is 2.39. The lowest BCUT2D eigenvalue weighted by Gasteiger charge is -2.17. The highest BCUT2D eigenvalue weighted by molar-refractivity contribution is 6.32. The molecule has 0 heterocycles. The van der Waals surface area contributed by atoms with Gasteiger partial charge in [-0.2, -0.15) is 0 Å². The predicted octanol–water partition coefficient (Wildman–Crippen LogP) is 1.56. The molecule has 1 atom stereocenters. The Morgan fingerprint density at radius 3 is 2.53 bits per heavy atom. The van der Waals surface area contributed by atoms with Gasteiger partial charge in [0.05, 0.1) is 17.7 Å². The largest absolute Gasteiger partial charge is 0.493 e. The van der Waals surface area contributed by atoms with Crippen LogP contribution < -0.4 is 14.8 Å². The van der Waals surface area contributed by atoms with Crippen LogP contribution in [0.15, 0.2) is 12.1 Å². The lowest BCUT2D eigenvalue weighted by molar-refractivity contribution is -0.126. The van der Waals surface area contributed by atoms with Gasteiger partial charge in [0.25, 0.3) is 5.91 Å². The Morgan fingerprint density at radius 1 is 1.42 bits per heavy atom. The Hall–Kier alpha value is -1.95. The van der Waals surface area contributed by atoms with Crippen molar-refractivity contribution in [1.29, 1.82) is 0 Å². The quantitative estimate of drug-likeness (QED) is 0.858. The van der Waals surface area contributed by atoms with Gasteiger partial charge in [-0.1, -0.05) is 11.6 Å². The van der Waals surface area contributed by atoms with Gasteiger partial charge in [0.1, 0.15) is 0 Å². The first-order valence-electron chi connectivity index (χ1n) is 5.39. The van der Waals surface area contributed by atoms with Crippen molar-refractivity contribution in [3.8, 4) is 11.5 Å². The molecule has 19 heavy (non-hydrogen) atoms. The number of amides is 1. The van der Waals surface area contributed by atoms with Crippen LogP contribution >= 0.6 is 11.6 Å². The molecule has 0 aromatic heterocycles. The second-order valence-corrected chi connectivity index (χ2v) is 4.08. The van der Waals surface area contributed by atoms with E-state index in [-0.39, 0.29) is 28.0 Å². The van der Waals surface area contributed by atoms with E-state index in [0.29, 0.717) is 0 Å². The summed E-state index contributed by atoms with van der Waals surface area (Å²) >= 11 is 5.95. The van der Waals surface area contributed by atoms with E-state index in [1.54, 1.807) is 6.92 Å². The van der Waals surface area contributed by atoms with E-state index < -0.39 is 12.1 Å². The van der Waals surface area contributed by atoms with Crippen LogP contribution in [0.3, 0.4) is 0 Å². The Kier molecular flexibility index (Phi) is 5.00. The minimum atomic E-state index is -1.13. The first-order valence-corrected chi connectivity index (χ1v) is 5.77. The maximum absolute atomic E-state index is 11.4. The molecule has 0 fully saturated rings. The van der Waals surface area contributed by atoms with Gasteiger partial charge in [0, 0.05) is 7.05 Å². The molecule has 1 amide bonds.